The van der Waals surface area contributed by atoms with E-state index in [4.69, 9.17) is 4.74 Å². The number of hydrogen-bond acceptors (Lipinski definition) is 4. The molecule has 4 aromatic rings. The highest BCUT2D eigenvalue weighted by atomic mass is 16.6. The number of non-ortho nitro benzene ring substituents is 1. The van der Waals surface area contributed by atoms with Crippen LogP contribution >= 0.6 is 0 Å². The summed E-state index contributed by atoms with van der Waals surface area (Å²) in [6.45, 7) is 3.10. The molecule has 0 radical (unpaired) electrons. The van der Waals surface area contributed by atoms with Crippen molar-refractivity contribution < 1.29 is 9.66 Å². The van der Waals surface area contributed by atoms with E-state index in [0.29, 0.717) is 11.4 Å². The summed E-state index contributed by atoms with van der Waals surface area (Å²) >= 11 is 0. The maximum Gasteiger partial charge on any atom is 0.293 e. The second-order valence-electron chi connectivity index (χ2n) is 10.3. The number of rotatable bonds is 6. The molecule has 6 heteroatoms. The number of H-pyrrole nitrogens is 1. The minimum atomic E-state index is -0.277. The maximum atomic E-state index is 11.7. The molecule has 1 aromatic heterocycles. The quantitative estimate of drug-likeness (QED) is 0.284. The second-order valence-corrected chi connectivity index (χ2v) is 10.3. The number of likely N-dealkylation sites (tertiary alicyclic amines) is 1. The standard InChI is InChI=1S/C30H31N3O3/c1-36-24-10-5-9-22(17-24)30-14-16-32(15-13-21-7-3-2-4-8-21)20-23(30)18-26-25-11-6-12-28(33(34)35)29(25)31-27(26)19-30/h2-12,17,23,31H,13-16,18-20H2,1H3/t23?,30-/m1/s1. The number of aromatic nitrogens is 1. The van der Waals surface area contributed by atoms with Gasteiger partial charge in [0.05, 0.1) is 12.0 Å². The molecule has 6 rings (SSSR count). The van der Waals surface area contributed by atoms with E-state index >= 15 is 0 Å². The first kappa shape index (κ1) is 22.8. The average molecular weight is 482 g/mol. The fourth-order valence-electron chi connectivity index (χ4n) is 6.59. The topological polar surface area (TPSA) is 71.4 Å². The zero-order valence-electron chi connectivity index (χ0n) is 20.6. The number of nitrogens with one attached hydrogen (secondary N) is 1. The van der Waals surface area contributed by atoms with Crippen molar-refractivity contribution in [2.45, 2.75) is 31.1 Å². The summed E-state index contributed by atoms with van der Waals surface area (Å²) in [5.41, 5.74) is 5.88. The number of hydrogen-bond donors (Lipinski definition) is 1. The largest absolute Gasteiger partial charge is 0.497 e. The van der Waals surface area contributed by atoms with Gasteiger partial charge in [0.2, 0.25) is 0 Å². The van der Waals surface area contributed by atoms with Crippen LogP contribution in [0, 0.1) is 16.0 Å². The molecule has 1 aliphatic heterocycles. The molecule has 3 aromatic carbocycles. The molecular weight excluding hydrogens is 450 g/mol. The summed E-state index contributed by atoms with van der Waals surface area (Å²) in [7, 11) is 1.72. The molecule has 2 atom stereocenters. The Balaban J connectivity index is 1.38. The van der Waals surface area contributed by atoms with Gasteiger partial charge in [0.1, 0.15) is 11.3 Å². The molecule has 2 heterocycles. The first-order valence-corrected chi connectivity index (χ1v) is 12.7. The van der Waals surface area contributed by atoms with Gasteiger partial charge >= 0.3 is 0 Å². The van der Waals surface area contributed by atoms with E-state index in [9.17, 15) is 10.1 Å². The summed E-state index contributed by atoms with van der Waals surface area (Å²) in [5.74, 6) is 1.30. The molecule has 0 amide bonds. The Kier molecular flexibility index (Phi) is 5.76. The summed E-state index contributed by atoms with van der Waals surface area (Å²) in [6.07, 6.45) is 3.87. The molecule has 36 heavy (non-hydrogen) atoms. The molecule has 2 aliphatic rings. The number of methoxy groups -OCH3 is 1. The first-order valence-electron chi connectivity index (χ1n) is 12.7. The van der Waals surface area contributed by atoms with Crippen LogP contribution in [0.4, 0.5) is 5.69 Å². The van der Waals surface area contributed by atoms with Crippen molar-refractivity contribution >= 4 is 16.6 Å². The average Bonchev–Trinajstić information content (AvgIpc) is 3.28. The number of benzene rings is 3. The van der Waals surface area contributed by atoms with Gasteiger partial charge in [-0.25, -0.2) is 0 Å². The molecular formula is C30H31N3O3. The number of ether oxygens (including phenoxy) is 1. The van der Waals surface area contributed by atoms with Crippen LogP contribution in [0.2, 0.25) is 0 Å². The van der Waals surface area contributed by atoms with Crippen molar-refractivity contribution in [3.63, 3.8) is 0 Å². The molecule has 0 saturated carbocycles. The van der Waals surface area contributed by atoms with Gasteiger partial charge in [-0.2, -0.15) is 0 Å². The lowest BCUT2D eigenvalue weighted by Gasteiger charge is -2.51. The van der Waals surface area contributed by atoms with Crippen molar-refractivity contribution in [1.82, 2.24) is 9.88 Å². The van der Waals surface area contributed by atoms with E-state index in [2.05, 4.69) is 58.4 Å². The van der Waals surface area contributed by atoms with Crippen molar-refractivity contribution in [3.05, 3.63) is 105 Å². The lowest BCUT2D eigenvalue weighted by Crippen LogP contribution is -2.54. The maximum absolute atomic E-state index is 11.7. The van der Waals surface area contributed by atoms with Crippen LogP contribution in [0.3, 0.4) is 0 Å². The van der Waals surface area contributed by atoms with Gasteiger partial charge in [-0.15, -0.1) is 0 Å². The summed E-state index contributed by atoms with van der Waals surface area (Å²) in [4.78, 5) is 17.6. The van der Waals surface area contributed by atoms with Crippen LogP contribution in [0.25, 0.3) is 10.9 Å². The Morgan fingerprint density at radius 2 is 1.94 bits per heavy atom. The highest BCUT2D eigenvalue weighted by molar-refractivity contribution is 5.92. The van der Waals surface area contributed by atoms with Crippen LogP contribution < -0.4 is 4.74 Å². The van der Waals surface area contributed by atoms with Crippen LogP contribution in [0.5, 0.6) is 5.75 Å². The zero-order chi connectivity index (χ0) is 24.7. The lowest BCUT2D eigenvalue weighted by atomic mass is 9.58. The molecule has 6 nitrogen and oxygen atoms in total. The lowest BCUT2D eigenvalue weighted by molar-refractivity contribution is -0.383. The molecule has 1 aliphatic carbocycles. The van der Waals surface area contributed by atoms with E-state index in [0.717, 1.165) is 62.1 Å². The second kappa shape index (κ2) is 9.10. The number of fused-ring (bicyclic) bond motifs is 4. The number of nitrogens with zero attached hydrogens (tertiary/aromatic N) is 2. The molecule has 1 fully saturated rings. The van der Waals surface area contributed by atoms with Gasteiger partial charge in [-0.3, -0.25) is 10.1 Å². The Hall–Kier alpha value is -3.64. The predicted molar refractivity (Wildman–Crippen MR) is 142 cm³/mol. The van der Waals surface area contributed by atoms with Gasteiger partial charge in [-0.1, -0.05) is 54.6 Å². The SMILES string of the molecule is COc1cccc([C@]23CCN(CCc4ccccc4)CC2Cc2c([nH]c4c([N+](=O)[O-])cccc24)C3)c1. The Morgan fingerprint density at radius 3 is 2.75 bits per heavy atom. The summed E-state index contributed by atoms with van der Waals surface area (Å²) in [5, 5.41) is 12.7. The third-order valence-electron chi connectivity index (χ3n) is 8.49. The highest BCUT2D eigenvalue weighted by Gasteiger charge is 2.48. The molecule has 184 valence electrons. The smallest absolute Gasteiger partial charge is 0.293 e. The zero-order valence-corrected chi connectivity index (χ0v) is 20.6. The third kappa shape index (κ3) is 3.86. The Labute approximate surface area is 211 Å². The number of nitro benzene ring substituents is 1. The minimum Gasteiger partial charge on any atom is -0.497 e. The monoisotopic (exact) mass is 481 g/mol. The van der Waals surface area contributed by atoms with Crippen LogP contribution in [0.15, 0.2) is 72.8 Å². The van der Waals surface area contributed by atoms with Crippen LogP contribution in [-0.4, -0.2) is 41.6 Å². The van der Waals surface area contributed by atoms with Crippen molar-refractivity contribution in [2.75, 3.05) is 26.7 Å². The molecule has 1 unspecified atom stereocenters. The molecule has 0 bridgehead atoms. The number of piperidine rings is 1. The Morgan fingerprint density at radius 1 is 1.11 bits per heavy atom. The first-order chi connectivity index (χ1) is 17.6. The molecule has 0 spiro atoms. The van der Waals surface area contributed by atoms with Gasteiger partial charge < -0.3 is 14.6 Å². The summed E-state index contributed by atoms with van der Waals surface area (Å²) in [6, 6.07) is 24.7. The molecule has 1 saturated heterocycles. The van der Waals surface area contributed by atoms with Crippen molar-refractivity contribution in [1.29, 1.82) is 0 Å². The number of aromatic amines is 1. The van der Waals surface area contributed by atoms with Gasteiger partial charge in [0.15, 0.2) is 0 Å². The third-order valence-corrected chi connectivity index (χ3v) is 8.49. The fourth-order valence-corrected chi connectivity index (χ4v) is 6.59. The van der Waals surface area contributed by atoms with Gasteiger partial charge in [0.25, 0.3) is 5.69 Å². The highest BCUT2D eigenvalue weighted by Crippen LogP contribution is 2.50. The van der Waals surface area contributed by atoms with E-state index in [1.807, 2.05) is 18.2 Å². The minimum absolute atomic E-state index is 0.0273. The van der Waals surface area contributed by atoms with Crippen molar-refractivity contribution in [2.24, 2.45) is 5.92 Å². The fraction of sp³-hybridized carbons (Fsp3) is 0.333. The van der Waals surface area contributed by atoms with E-state index in [1.165, 1.54) is 16.7 Å². The van der Waals surface area contributed by atoms with E-state index < -0.39 is 0 Å². The van der Waals surface area contributed by atoms with Gasteiger partial charge in [0, 0.05) is 35.7 Å². The summed E-state index contributed by atoms with van der Waals surface area (Å²) < 4.78 is 5.60. The number of para-hydroxylation sites is 1. The predicted octanol–water partition coefficient (Wildman–Crippen LogP) is 5.69. The van der Waals surface area contributed by atoms with Crippen molar-refractivity contribution in [3.8, 4) is 5.75 Å². The van der Waals surface area contributed by atoms with E-state index in [-0.39, 0.29) is 16.0 Å². The van der Waals surface area contributed by atoms with Gasteiger partial charge in [-0.05, 0) is 67.0 Å². The van der Waals surface area contributed by atoms with Crippen LogP contribution in [-0.2, 0) is 24.7 Å². The normalized spacial score (nSPS) is 21.6. The molecule has 1 N–H and O–H groups in total. The van der Waals surface area contributed by atoms with Crippen LogP contribution in [0.1, 0.15) is 28.8 Å². The Bertz CT molecular complexity index is 1410. The number of nitro groups is 1. The van der Waals surface area contributed by atoms with E-state index in [1.54, 1.807) is 13.2 Å².